The number of guanidine groups is 1. The minimum absolute atomic E-state index is 0. The average Bonchev–Trinajstić information content (AvgIpc) is 3.36. The second-order valence-electron chi connectivity index (χ2n) is 7.56. The summed E-state index contributed by atoms with van der Waals surface area (Å²) in [5.41, 5.74) is 1.14. The molecule has 8 heteroatoms. The number of nitrogens with one attached hydrogen (secondary N) is 2. The van der Waals surface area contributed by atoms with Crippen molar-refractivity contribution in [3.63, 3.8) is 0 Å². The van der Waals surface area contributed by atoms with Crippen molar-refractivity contribution >= 4 is 52.6 Å². The Kier molecular flexibility index (Phi) is 10.9. The minimum Gasteiger partial charge on any atom is -0.356 e. The molecule has 2 N–H and O–H groups in total. The van der Waals surface area contributed by atoms with Crippen LogP contribution in [0.1, 0.15) is 47.3 Å². The lowest BCUT2D eigenvalue weighted by atomic mass is 9.88. The van der Waals surface area contributed by atoms with Crippen molar-refractivity contribution in [3.8, 4) is 0 Å². The highest BCUT2D eigenvalue weighted by Gasteiger charge is 2.31. The first-order valence-electron chi connectivity index (χ1n) is 10.3. The van der Waals surface area contributed by atoms with Crippen LogP contribution in [-0.4, -0.2) is 49.6 Å². The van der Waals surface area contributed by atoms with Crippen LogP contribution < -0.4 is 10.6 Å². The van der Waals surface area contributed by atoms with Gasteiger partial charge in [-0.25, -0.2) is 4.98 Å². The highest BCUT2D eigenvalue weighted by molar-refractivity contribution is 14.0. The van der Waals surface area contributed by atoms with Crippen molar-refractivity contribution in [3.05, 3.63) is 38.5 Å². The lowest BCUT2D eigenvalue weighted by molar-refractivity contribution is 0.125. The lowest BCUT2D eigenvalue weighted by Crippen LogP contribution is -2.45. The molecule has 0 saturated carbocycles. The highest BCUT2D eigenvalue weighted by atomic mass is 127. The predicted octanol–water partition coefficient (Wildman–Crippen LogP) is 4.70. The lowest BCUT2D eigenvalue weighted by Gasteiger charge is -2.39. The van der Waals surface area contributed by atoms with Crippen molar-refractivity contribution in [2.75, 3.05) is 33.7 Å². The maximum atomic E-state index is 4.53. The summed E-state index contributed by atoms with van der Waals surface area (Å²) in [7, 11) is 4.12. The molecule has 5 nitrogen and oxygen atoms in total. The van der Waals surface area contributed by atoms with E-state index >= 15 is 0 Å². The fourth-order valence-electron chi connectivity index (χ4n) is 3.96. The normalized spacial score (nSPS) is 20.3. The fraction of sp³-hybridized carbons (Fsp3) is 0.619. The number of rotatable bonds is 8. The van der Waals surface area contributed by atoms with E-state index in [1.165, 1.54) is 29.3 Å². The van der Waals surface area contributed by atoms with E-state index in [9.17, 15) is 0 Å². The van der Waals surface area contributed by atoms with E-state index < -0.39 is 0 Å². The summed E-state index contributed by atoms with van der Waals surface area (Å²) in [6, 6.07) is 4.96. The van der Waals surface area contributed by atoms with E-state index in [4.69, 9.17) is 0 Å². The third-order valence-corrected chi connectivity index (χ3v) is 7.34. The largest absolute Gasteiger partial charge is 0.356 e. The van der Waals surface area contributed by atoms with Gasteiger partial charge in [-0.2, -0.15) is 0 Å². The Morgan fingerprint density at radius 1 is 1.31 bits per heavy atom. The number of aliphatic imine (C=N–C) groups is 1. The fourth-order valence-corrected chi connectivity index (χ4v) is 5.76. The number of thiophene rings is 1. The number of halogens is 1. The molecule has 1 saturated heterocycles. The van der Waals surface area contributed by atoms with Crippen LogP contribution in [0.25, 0.3) is 0 Å². The zero-order valence-corrected chi connectivity index (χ0v) is 21.7. The van der Waals surface area contributed by atoms with Crippen molar-refractivity contribution in [1.29, 1.82) is 0 Å². The van der Waals surface area contributed by atoms with Crippen LogP contribution in [0.5, 0.6) is 0 Å². The van der Waals surface area contributed by atoms with Crippen molar-refractivity contribution < 1.29 is 0 Å². The van der Waals surface area contributed by atoms with E-state index in [-0.39, 0.29) is 24.0 Å². The first-order valence-corrected chi connectivity index (χ1v) is 12.0. The molecular weight excluding hydrogens is 513 g/mol. The molecule has 3 heterocycles. The Hall–Kier alpha value is -0.710. The number of aromatic nitrogens is 1. The number of aryl methyl sites for hydroxylation is 2. The number of nitrogens with zero attached hydrogens (tertiary/aromatic N) is 3. The molecule has 0 bridgehead atoms. The summed E-state index contributed by atoms with van der Waals surface area (Å²) in [6.07, 6.45) is 5.90. The Bertz CT molecular complexity index is 731. The summed E-state index contributed by atoms with van der Waals surface area (Å²) in [6.45, 7) is 5.16. The Labute approximate surface area is 200 Å². The third kappa shape index (κ3) is 7.48. The summed E-state index contributed by atoms with van der Waals surface area (Å²) >= 11 is 3.65. The standard InChI is InChI=1S/C21H33N5S2.HI/c1-16-15-28-19(25-16)10-4-5-11-23-21(22-2)24-14-17-8-6-12-26(3)20(17)18-9-7-13-27-18;/h7,9,13,15,17,20H,4-6,8,10-12,14H2,1-3H3,(H2,22,23,24);1H. The van der Waals surface area contributed by atoms with E-state index in [1.54, 1.807) is 11.3 Å². The van der Waals surface area contributed by atoms with Gasteiger partial charge >= 0.3 is 0 Å². The number of thiazole rings is 1. The van der Waals surface area contributed by atoms with E-state index in [0.717, 1.165) is 44.0 Å². The van der Waals surface area contributed by atoms with E-state index in [2.05, 4.69) is 62.4 Å². The number of hydrogen-bond acceptors (Lipinski definition) is 5. The van der Waals surface area contributed by atoms with Gasteiger partial charge in [-0.05, 0) is 70.0 Å². The Morgan fingerprint density at radius 3 is 2.86 bits per heavy atom. The molecule has 29 heavy (non-hydrogen) atoms. The van der Waals surface area contributed by atoms with Gasteiger partial charge in [-0.1, -0.05) is 6.07 Å². The van der Waals surface area contributed by atoms with E-state index in [0.29, 0.717) is 12.0 Å². The first-order chi connectivity index (χ1) is 13.7. The first kappa shape index (κ1) is 24.6. The molecule has 0 aliphatic carbocycles. The van der Waals surface area contributed by atoms with Gasteiger partial charge in [0.15, 0.2) is 5.96 Å². The SMILES string of the molecule is CN=C(NCCCCc1nc(C)cs1)NCC1CCCN(C)C1c1cccs1.I. The molecule has 1 fully saturated rings. The molecule has 1 aliphatic heterocycles. The second-order valence-corrected chi connectivity index (χ2v) is 9.48. The van der Waals surface area contributed by atoms with Gasteiger partial charge in [-0.3, -0.25) is 9.89 Å². The van der Waals surface area contributed by atoms with Crippen molar-refractivity contribution in [1.82, 2.24) is 20.5 Å². The van der Waals surface area contributed by atoms with Gasteiger partial charge in [0.1, 0.15) is 0 Å². The van der Waals surface area contributed by atoms with Crippen LogP contribution in [0.2, 0.25) is 0 Å². The van der Waals surface area contributed by atoms with Gasteiger partial charge in [-0.15, -0.1) is 46.7 Å². The molecule has 162 valence electrons. The quantitative estimate of drug-likeness (QED) is 0.218. The number of piperidine rings is 1. The van der Waals surface area contributed by atoms with Gasteiger partial charge in [0, 0.05) is 42.1 Å². The second kappa shape index (κ2) is 12.9. The Balaban J connectivity index is 0.00000300. The average molecular weight is 548 g/mol. The number of likely N-dealkylation sites (tertiary alicyclic amines) is 1. The molecule has 0 spiro atoms. The molecule has 2 atom stereocenters. The third-order valence-electron chi connectivity index (χ3n) is 5.37. The van der Waals surface area contributed by atoms with Gasteiger partial charge in [0.25, 0.3) is 0 Å². The monoisotopic (exact) mass is 547 g/mol. The Morgan fingerprint density at radius 2 is 2.17 bits per heavy atom. The predicted molar refractivity (Wildman–Crippen MR) is 137 cm³/mol. The van der Waals surface area contributed by atoms with Crippen LogP contribution in [0.3, 0.4) is 0 Å². The molecule has 3 rings (SSSR count). The highest BCUT2D eigenvalue weighted by Crippen LogP contribution is 2.36. The van der Waals surface area contributed by atoms with Gasteiger partial charge in [0.2, 0.25) is 0 Å². The van der Waals surface area contributed by atoms with Crippen molar-refractivity contribution in [2.24, 2.45) is 10.9 Å². The van der Waals surface area contributed by atoms with Gasteiger partial charge < -0.3 is 10.6 Å². The van der Waals surface area contributed by atoms with Gasteiger partial charge in [0.05, 0.1) is 5.01 Å². The summed E-state index contributed by atoms with van der Waals surface area (Å²) in [5, 5.41) is 12.6. The van der Waals surface area contributed by atoms with Crippen LogP contribution in [0, 0.1) is 12.8 Å². The zero-order valence-electron chi connectivity index (χ0n) is 17.7. The molecule has 1 aliphatic rings. The maximum Gasteiger partial charge on any atom is 0.190 e. The molecule has 2 aromatic heterocycles. The molecule has 0 aromatic carbocycles. The van der Waals surface area contributed by atoms with Crippen LogP contribution in [0.4, 0.5) is 0 Å². The summed E-state index contributed by atoms with van der Waals surface area (Å²) in [4.78, 5) is 12.9. The van der Waals surface area contributed by atoms with Crippen molar-refractivity contribution in [2.45, 2.75) is 45.1 Å². The molecule has 2 unspecified atom stereocenters. The molecule has 0 amide bonds. The smallest absolute Gasteiger partial charge is 0.190 e. The number of hydrogen-bond donors (Lipinski definition) is 2. The van der Waals surface area contributed by atoms with Crippen LogP contribution >= 0.6 is 46.7 Å². The molecular formula is C21H34IN5S2. The number of unbranched alkanes of at least 4 members (excludes halogenated alkanes) is 1. The van der Waals surface area contributed by atoms with Crippen LogP contribution in [-0.2, 0) is 6.42 Å². The summed E-state index contributed by atoms with van der Waals surface area (Å²) in [5.74, 6) is 1.53. The molecule has 2 aromatic rings. The summed E-state index contributed by atoms with van der Waals surface area (Å²) < 4.78 is 0. The topological polar surface area (TPSA) is 52.6 Å². The van der Waals surface area contributed by atoms with E-state index in [1.807, 2.05) is 18.4 Å². The maximum absolute atomic E-state index is 4.53. The van der Waals surface area contributed by atoms with Crippen LogP contribution in [0.15, 0.2) is 27.9 Å². The zero-order chi connectivity index (χ0) is 19.8. The minimum atomic E-state index is 0. The molecule has 0 radical (unpaired) electrons.